The molecule has 3 atom stereocenters. The number of nitrogens with zero attached hydrogens (tertiary/aromatic N) is 3. The van der Waals surface area contributed by atoms with E-state index >= 15 is 0 Å². The number of hydrogen-bond donors (Lipinski definition) is 2. The number of carbonyl (C=O) groups excluding carboxylic acids is 2. The van der Waals surface area contributed by atoms with Crippen LogP contribution in [0.15, 0.2) is 81.8 Å². The van der Waals surface area contributed by atoms with Crippen molar-refractivity contribution in [3.63, 3.8) is 0 Å². The summed E-state index contributed by atoms with van der Waals surface area (Å²) in [4.78, 5) is 39.6. The summed E-state index contributed by atoms with van der Waals surface area (Å²) in [6.07, 6.45) is 3.09. The molecular weight excluding hydrogens is 860 g/mol. The second-order valence-corrected chi connectivity index (χ2v) is 15.6. The van der Waals surface area contributed by atoms with Crippen molar-refractivity contribution in [1.29, 1.82) is 0 Å². The van der Waals surface area contributed by atoms with E-state index in [1.165, 1.54) is 0 Å². The number of aryl methyl sites for hydroxylation is 4. The summed E-state index contributed by atoms with van der Waals surface area (Å²) >= 11 is 13.2. The number of amides is 1. The van der Waals surface area contributed by atoms with E-state index in [4.69, 9.17) is 57.0 Å². The van der Waals surface area contributed by atoms with E-state index in [1.54, 1.807) is 60.4 Å². The van der Waals surface area contributed by atoms with Gasteiger partial charge in [-0.3, -0.25) is 4.79 Å². The SMILES string of the molecule is CCCc1c(OC(C(=O)O)c2ccccc2)c(Cl)cc2c(CC)noc12.CCCc1c(OC(C(=O)O[C@H](C)C(=O)N2CCCC2)c2ccccc2)c(Cl)cc2c(CC)noc12.[Li+].[O-]O. The number of fused-ring (bicyclic) bond motifs is 2. The molecule has 1 fully saturated rings. The van der Waals surface area contributed by atoms with Crippen molar-refractivity contribution in [3.05, 3.63) is 116 Å². The maximum absolute atomic E-state index is 13.4. The van der Waals surface area contributed by atoms with Gasteiger partial charge in [-0.05, 0) is 57.6 Å². The Morgan fingerprint density at radius 2 is 1.16 bits per heavy atom. The van der Waals surface area contributed by atoms with E-state index in [0.29, 0.717) is 76.2 Å². The number of carboxylic acid groups (broad SMARTS) is 1. The van der Waals surface area contributed by atoms with Crippen LogP contribution in [0, 0.1) is 0 Å². The number of halogens is 2. The minimum atomic E-state index is -1.16. The first-order valence-corrected chi connectivity index (χ1v) is 21.8. The molecule has 2 aromatic heterocycles. The average molecular weight is 913 g/mol. The number of likely N-dealkylation sites (tertiary alicyclic amines) is 1. The van der Waals surface area contributed by atoms with Gasteiger partial charge < -0.3 is 43.8 Å². The molecule has 2 N–H and O–H groups in total. The summed E-state index contributed by atoms with van der Waals surface area (Å²) in [5.41, 5.74) is 5.53. The largest absolute Gasteiger partial charge is 1.00 e. The Balaban J connectivity index is 0.000000276. The number of esters is 1. The number of carboxylic acids is 1. The van der Waals surface area contributed by atoms with Crippen LogP contribution in [0.5, 0.6) is 11.5 Å². The molecule has 1 aliphatic rings. The van der Waals surface area contributed by atoms with Gasteiger partial charge in [0.15, 0.2) is 17.3 Å². The van der Waals surface area contributed by atoms with Gasteiger partial charge >= 0.3 is 30.8 Å². The van der Waals surface area contributed by atoms with E-state index in [-0.39, 0.29) is 24.8 Å². The summed E-state index contributed by atoms with van der Waals surface area (Å²) in [5.74, 6) is -1.22. The molecule has 336 valence electrons. The maximum atomic E-state index is 13.4. The Bertz CT molecular complexity index is 2460. The molecule has 17 heteroatoms. The summed E-state index contributed by atoms with van der Waals surface area (Å²) in [5, 5.41) is 33.4. The Hall–Kier alpha value is -5.07. The molecule has 7 rings (SSSR count). The number of aromatic nitrogens is 2. The van der Waals surface area contributed by atoms with Gasteiger partial charge in [-0.1, -0.05) is 135 Å². The van der Waals surface area contributed by atoms with Gasteiger partial charge in [-0.2, -0.15) is 0 Å². The quantitative estimate of drug-likeness (QED) is 0.0451. The number of carbonyl (C=O) groups is 3. The third kappa shape index (κ3) is 12.0. The zero-order chi connectivity index (χ0) is 45.6. The predicted octanol–water partition coefficient (Wildman–Crippen LogP) is 6.69. The van der Waals surface area contributed by atoms with Crippen molar-refractivity contribution < 1.29 is 72.1 Å². The Kier molecular flexibility index (Phi) is 20.0. The van der Waals surface area contributed by atoms with Crippen molar-refractivity contribution >= 4 is 63.0 Å². The predicted molar refractivity (Wildman–Crippen MR) is 236 cm³/mol. The molecule has 1 amide bonds. The molecule has 2 unspecified atom stereocenters. The molecule has 14 nitrogen and oxygen atoms in total. The number of aliphatic carboxylic acids is 1. The van der Waals surface area contributed by atoms with Crippen LogP contribution >= 0.6 is 23.2 Å². The topological polar surface area (TPSA) is 198 Å². The summed E-state index contributed by atoms with van der Waals surface area (Å²) in [6.45, 7) is 11.0. The van der Waals surface area contributed by atoms with Crippen LogP contribution < -0.4 is 33.6 Å². The zero-order valence-electron chi connectivity index (χ0n) is 36.9. The van der Waals surface area contributed by atoms with E-state index in [0.717, 1.165) is 65.4 Å². The first-order valence-electron chi connectivity index (χ1n) is 21.0. The van der Waals surface area contributed by atoms with Crippen molar-refractivity contribution in [3.8, 4) is 11.5 Å². The second kappa shape index (κ2) is 24.8. The number of hydrogen-bond acceptors (Lipinski definition) is 12. The fourth-order valence-corrected chi connectivity index (χ4v) is 8.01. The third-order valence-corrected chi connectivity index (χ3v) is 11.1. The fraction of sp³-hybridized carbons (Fsp3) is 0.383. The third-order valence-electron chi connectivity index (χ3n) is 10.5. The Morgan fingerprint density at radius 1 is 0.734 bits per heavy atom. The van der Waals surface area contributed by atoms with Crippen molar-refractivity contribution in [2.75, 3.05) is 13.1 Å². The monoisotopic (exact) mass is 911 g/mol. The molecule has 64 heavy (non-hydrogen) atoms. The second-order valence-electron chi connectivity index (χ2n) is 14.8. The van der Waals surface area contributed by atoms with E-state index in [2.05, 4.69) is 10.3 Å². The first kappa shape index (κ1) is 51.6. The maximum Gasteiger partial charge on any atom is 1.00 e. The van der Waals surface area contributed by atoms with Crippen molar-refractivity contribution in [1.82, 2.24) is 15.2 Å². The Labute approximate surface area is 393 Å². The van der Waals surface area contributed by atoms with Gasteiger partial charge in [0.1, 0.15) is 11.5 Å². The van der Waals surface area contributed by atoms with Crippen molar-refractivity contribution in [2.24, 2.45) is 0 Å². The van der Waals surface area contributed by atoms with E-state index in [9.17, 15) is 19.5 Å². The number of ether oxygens (including phenoxy) is 3. The molecule has 1 aliphatic heterocycles. The van der Waals surface area contributed by atoms with Crippen LogP contribution in [0.3, 0.4) is 0 Å². The number of benzene rings is 4. The van der Waals surface area contributed by atoms with E-state index < -0.39 is 30.3 Å². The molecule has 0 radical (unpaired) electrons. The summed E-state index contributed by atoms with van der Waals surface area (Å²) in [7, 11) is 0. The molecule has 6 aromatic rings. The van der Waals surface area contributed by atoms with Crippen LogP contribution in [0.2, 0.25) is 10.0 Å². The smallest absolute Gasteiger partial charge is 0.727 e. The summed E-state index contributed by atoms with van der Waals surface area (Å²) < 4.78 is 29.0. The molecular formula is C47H52Cl2LiN3O11. The molecule has 4 aromatic carbocycles. The molecule has 3 heterocycles. The number of rotatable bonds is 16. The standard InChI is InChI=1S/C27H31ClN2O5.C20H20ClNO4.Li.H2O2/c1-4-11-19-24-20(22(5-2)29-35-24)16-21(28)25(19)34-23(18-12-7-6-8-13-18)27(32)33-17(3)26(31)30-14-9-10-15-30;1-3-8-13-18-14(16(4-2)22-26-18)11-15(21)19(13)25-17(20(23)24)12-9-6-5-7-10-12;;1-2/h6-8,12-13,16-17,23H,4-5,9-11,14-15H2,1-3H3;5-7,9-11,17H,3-4,8H2,1-2H3,(H,23,24);;1-2H/q;;+1;/p-1/t17-,23?;;;/m1.../s1. The Morgan fingerprint density at radius 3 is 1.56 bits per heavy atom. The minimum absolute atomic E-state index is 0. The summed E-state index contributed by atoms with van der Waals surface area (Å²) in [6, 6.07) is 21.4. The average Bonchev–Trinajstić information content (AvgIpc) is 4.08. The van der Waals surface area contributed by atoms with Gasteiger partial charge in [0.25, 0.3) is 5.91 Å². The van der Waals surface area contributed by atoms with Crippen LogP contribution in [-0.4, -0.2) is 62.6 Å². The molecule has 0 spiro atoms. The first-order chi connectivity index (χ1) is 30.5. The van der Waals surface area contributed by atoms with Crippen molar-refractivity contribution in [2.45, 2.75) is 104 Å². The van der Waals surface area contributed by atoms with Gasteiger partial charge in [0.2, 0.25) is 12.2 Å². The van der Waals surface area contributed by atoms with E-state index in [1.807, 2.05) is 52.0 Å². The zero-order valence-corrected chi connectivity index (χ0v) is 38.4. The van der Waals surface area contributed by atoms with Gasteiger partial charge in [-0.15, -0.1) is 0 Å². The van der Waals surface area contributed by atoms with Crippen LogP contribution in [0.4, 0.5) is 0 Å². The molecule has 1 saturated heterocycles. The van der Waals surface area contributed by atoms with Gasteiger partial charge in [0.05, 0.1) is 21.4 Å². The normalized spacial score (nSPS) is 13.4. The van der Waals surface area contributed by atoms with Crippen LogP contribution in [0.25, 0.3) is 21.9 Å². The van der Waals surface area contributed by atoms with Crippen LogP contribution in [0.1, 0.15) is 106 Å². The van der Waals surface area contributed by atoms with Gasteiger partial charge in [0, 0.05) is 46.1 Å². The molecule has 0 saturated carbocycles. The molecule has 0 aliphatic carbocycles. The molecule has 0 bridgehead atoms. The minimum Gasteiger partial charge on any atom is -0.727 e. The van der Waals surface area contributed by atoms with Gasteiger partial charge in [-0.25, -0.2) is 9.59 Å². The fourth-order valence-electron chi connectivity index (χ4n) is 7.48. The van der Waals surface area contributed by atoms with Crippen LogP contribution in [-0.2, 0) is 44.8 Å².